The molecule has 0 saturated carbocycles. The SMILES string of the molecule is CC(CCc1ccc(OC(C)C)cc1)NC(=O)C1CCCCN1. The van der Waals surface area contributed by atoms with Gasteiger partial charge in [-0.05, 0) is 70.7 Å². The summed E-state index contributed by atoms with van der Waals surface area (Å²) in [6, 6.07) is 8.44. The Bertz CT molecular complexity index is 479. The van der Waals surface area contributed by atoms with Crippen LogP contribution in [0.2, 0.25) is 0 Å². The Kier molecular flexibility index (Phi) is 6.90. The molecule has 1 aliphatic rings. The van der Waals surface area contributed by atoms with Gasteiger partial charge in [0.05, 0.1) is 12.1 Å². The second-order valence-electron chi connectivity index (χ2n) is 6.76. The molecule has 23 heavy (non-hydrogen) atoms. The molecule has 0 radical (unpaired) electrons. The van der Waals surface area contributed by atoms with Gasteiger partial charge in [0.15, 0.2) is 0 Å². The molecule has 1 aromatic carbocycles. The van der Waals surface area contributed by atoms with Crippen LogP contribution in [-0.2, 0) is 11.2 Å². The molecule has 0 aliphatic carbocycles. The Morgan fingerprint density at radius 1 is 1.26 bits per heavy atom. The van der Waals surface area contributed by atoms with E-state index in [1.165, 1.54) is 12.0 Å². The van der Waals surface area contributed by atoms with E-state index in [0.717, 1.165) is 38.0 Å². The summed E-state index contributed by atoms with van der Waals surface area (Å²) >= 11 is 0. The lowest BCUT2D eigenvalue weighted by atomic mass is 10.0. The molecule has 1 saturated heterocycles. The summed E-state index contributed by atoms with van der Waals surface area (Å²) in [6.07, 6.45) is 5.38. The fraction of sp³-hybridized carbons (Fsp3) is 0.632. The number of hydrogen-bond acceptors (Lipinski definition) is 3. The fourth-order valence-electron chi connectivity index (χ4n) is 2.88. The van der Waals surface area contributed by atoms with Crippen molar-refractivity contribution in [2.45, 2.75) is 71.1 Å². The Labute approximate surface area is 140 Å². The highest BCUT2D eigenvalue weighted by atomic mass is 16.5. The molecule has 2 unspecified atom stereocenters. The second-order valence-corrected chi connectivity index (χ2v) is 6.76. The van der Waals surface area contributed by atoms with Crippen LogP contribution in [0.5, 0.6) is 5.75 Å². The van der Waals surface area contributed by atoms with E-state index < -0.39 is 0 Å². The van der Waals surface area contributed by atoms with Crippen LogP contribution in [0, 0.1) is 0 Å². The van der Waals surface area contributed by atoms with E-state index in [-0.39, 0.29) is 24.1 Å². The summed E-state index contributed by atoms with van der Waals surface area (Å²) in [7, 11) is 0. The molecule has 2 atom stereocenters. The first kappa shape index (κ1) is 17.8. The van der Waals surface area contributed by atoms with Crippen molar-refractivity contribution in [2.24, 2.45) is 0 Å². The summed E-state index contributed by atoms with van der Waals surface area (Å²) in [5.41, 5.74) is 1.28. The summed E-state index contributed by atoms with van der Waals surface area (Å²) < 4.78 is 5.65. The first-order valence-electron chi connectivity index (χ1n) is 8.84. The van der Waals surface area contributed by atoms with Gasteiger partial charge in [-0.15, -0.1) is 0 Å². The van der Waals surface area contributed by atoms with Crippen molar-refractivity contribution in [3.05, 3.63) is 29.8 Å². The van der Waals surface area contributed by atoms with Gasteiger partial charge < -0.3 is 15.4 Å². The third kappa shape index (κ3) is 6.22. The highest BCUT2D eigenvalue weighted by molar-refractivity contribution is 5.82. The van der Waals surface area contributed by atoms with Gasteiger partial charge in [-0.25, -0.2) is 0 Å². The molecule has 1 aliphatic heterocycles. The Balaban J connectivity index is 1.73. The monoisotopic (exact) mass is 318 g/mol. The van der Waals surface area contributed by atoms with Crippen molar-refractivity contribution in [2.75, 3.05) is 6.54 Å². The van der Waals surface area contributed by atoms with Gasteiger partial charge in [-0.3, -0.25) is 4.79 Å². The van der Waals surface area contributed by atoms with Crippen molar-refractivity contribution in [3.63, 3.8) is 0 Å². The largest absolute Gasteiger partial charge is 0.491 e. The van der Waals surface area contributed by atoms with E-state index in [1.807, 2.05) is 26.0 Å². The molecule has 2 rings (SSSR count). The van der Waals surface area contributed by atoms with E-state index >= 15 is 0 Å². The lowest BCUT2D eigenvalue weighted by Crippen LogP contribution is -2.49. The zero-order valence-electron chi connectivity index (χ0n) is 14.6. The molecule has 0 aromatic heterocycles. The van der Waals surface area contributed by atoms with E-state index in [4.69, 9.17) is 4.74 Å². The van der Waals surface area contributed by atoms with Crippen LogP contribution in [-0.4, -0.2) is 30.6 Å². The van der Waals surface area contributed by atoms with Crippen molar-refractivity contribution in [3.8, 4) is 5.75 Å². The van der Waals surface area contributed by atoms with Gasteiger partial charge in [-0.2, -0.15) is 0 Å². The Morgan fingerprint density at radius 3 is 2.61 bits per heavy atom. The number of carbonyl (C=O) groups excluding carboxylic acids is 1. The molecule has 1 fully saturated rings. The maximum Gasteiger partial charge on any atom is 0.237 e. The van der Waals surface area contributed by atoms with Crippen molar-refractivity contribution in [1.29, 1.82) is 0 Å². The van der Waals surface area contributed by atoms with Gasteiger partial charge in [0.25, 0.3) is 0 Å². The van der Waals surface area contributed by atoms with Crippen LogP contribution in [0.3, 0.4) is 0 Å². The molecular formula is C19H30N2O2. The summed E-state index contributed by atoms with van der Waals surface area (Å²) in [5.74, 6) is 1.06. The standard InChI is InChI=1S/C19H30N2O2/c1-14(2)23-17-11-9-16(10-12-17)8-7-15(3)21-19(22)18-6-4-5-13-20-18/h9-12,14-15,18,20H,4-8,13H2,1-3H3,(H,21,22). The predicted octanol–water partition coefficient (Wildman–Crippen LogP) is 3.05. The lowest BCUT2D eigenvalue weighted by Gasteiger charge is -2.24. The van der Waals surface area contributed by atoms with E-state index in [2.05, 4.69) is 29.7 Å². The van der Waals surface area contributed by atoms with Gasteiger partial charge in [0.1, 0.15) is 5.75 Å². The van der Waals surface area contributed by atoms with E-state index in [9.17, 15) is 4.79 Å². The van der Waals surface area contributed by atoms with Gasteiger partial charge in [-0.1, -0.05) is 18.6 Å². The van der Waals surface area contributed by atoms with Crippen LogP contribution in [0.15, 0.2) is 24.3 Å². The summed E-state index contributed by atoms with van der Waals surface area (Å²) in [4.78, 5) is 12.2. The van der Waals surface area contributed by atoms with Gasteiger partial charge >= 0.3 is 0 Å². The molecule has 1 heterocycles. The zero-order valence-corrected chi connectivity index (χ0v) is 14.6. The minimum Gasteiger partial charge on any atom is -0.491 e. The predicted molar refractivity (Wildman–Crippen MR) is 93.8 cm³/mol. The van der Waals surface area contributed by atoms with Crippen LogP contribution in [0.4, 0.5) is 0 Å². The first-order chi connectivity index (χ1) is 11.0. The molecule has 0 spiro atoms. The van der Waals surface area contributed by atoms with Crippen LogP contribution < -0.4 is 15.4 Å². The quantitative estimate of drug-likeness (QED) is 0.812. The molecule has 128 valence electrons. The molecule has 4 nitrogen and oxygen atoms in total. The maximum atomic E-state index is 12.2. The first-order valence-corrected chi connectivity index (χ1v) is 8.84. The molecule has 1 amide bonds. The van der Waals surface area contributed by atoms with E-state index in [0.29, 0.717) is 0 Å². The number of rotatable bonds is 7. The number of carbonyl (C=O) groups is 1. The normalized spacial score (nSPS) is 19.4. The highest BCUT2D eigenvalue weighted by Gasteiger charge is 2.21. The molecule has 0 bridgehead atoms. The Hall–Kier alpha value is -1.55. The number of amides is 1. The molecule has 1 aromatic rings. The fourth-order valence-corrected chi connectivity index (χ4v) is 2.88. The molecular weight excluding hydrogens is 288 g/mol. The number of aryl methyl sites for hydroxylation is 1. The van der Waals surface area contributed by atoms with Crippen LogP contribution in [0.1, 0.15) is 52.0 Å². The number of ether oxygens (including phenoxy) is 1. The van der Waals surface area contributed by atoms with Crippen LogP contribution >= 0.6 is 0 Å². The number of nitrogens with one attached hydrogen (secondary N) is 2. The second kappa shape index (κ2) is 8.92. The third-order valence-corrected chi connectivity index (χ3v) is 4.18. The number of benzene rings is 1. The van der Waals surface area contributed by atoms with Gasteiger partial charge in [0, 0.05) is 6.04 Å². The smallest absolute Gasteiger partial charge is 0.237 e. The molecule has 4 heteroatoms. The van der Waals surface area contributed by atoms with Crippen molar-refractivity contribution in [1.82, 2.24) is 10.6 Å². The summed E-state index contributed by atoms with van der Waals surface area (Å²) in [5, 5.41) is 6.42. The zero-order chi connectivity index (χ0) is 16.7. The Morgan fingerprint density at radius 2 is 2.00 bits per heavy atom. The molecule has 2 N–H and O–H groups in total. The maximum absolute atomic E-state index is 12.2. The minimum absolute atomic E-state index is 0.00124. The summed E-state index contributed by atoms with van der Waals surface area (Å²) in [6.45, 7) is 7.09. The van der Waals surface area contributed by atoms with Gasteiger partial charge in [0.2, 0.25) is 5.91 Å². The lowest BCUT2D eigenvalue weighted by molar-refractivity contribution is -0.124. The van der Waals surface area contributed by atoms with Crippen LogP contribution in [0.25, 0.3) is 0 Å². The number of piperidine rings is 1. The average Bonchev–Trinajstić information content (AvgIpc) is 2.54. The van der Waals surface area contributed by atoms with Crippen molar-refractivity contribution >= 4 is 5.91 Å². The average molecular weight is 318 g/mol. The van der Waals surface area contributed by atoms with Crippen molar-refractivity contribution < 1.29 is 9.53 Å². The number of hydrogen-bond donors (Lipinski definition) is 2. The highest BCUT2D eigenvalue weighted by Crippen LogP contribution is 2.15. The minimum atomic E-state index is -0.00124. The third-order valence-electron chi connectivity index (χ3n) is 4.18. The van der Waals surface area contributed by atoms with E-state index in [1.54, 1.807) is 0 Å². The topological polar surface area (TPSA) is 50.4 Å².